The van der Waals surface area contributed by atoms with Gasteiger partial charge in [-0.15, -0.1) is 4.28 Å². The van der Waals surface area contributed by atoms with Crippen LogP contribution in [0, 0.1) is 5.92 Å². The fourth-order valence-corrected chi connectivity index (χ4v) is 1.55. The van der Waals surface area contributed by atoms with Gasteiger partial charge in [0.15, 0.2) is 0 Å². The summed E-state index contributed by atoms with van der Waals surface area (Å²) in [5.41, 5.74) is -0.702. The van der Waals surface area contributed by atoms with Crippen molar-refractivity contribution in [3.8, 4) is 0 Å². The van der Waals surface area contributed by atoms with Crippen LogP contribution >= 0.6 is 0 Å². The van der Waals surface area contributed by atoms with Crippen LogP contribution in [-0.4, -0.2) is 29.5 Å². The predicted molar refractivity (Wildman–Crippen MR) is 42.7 cm³/mol. The second kappa shape index (κ2) is 2.66. The molecule has 1 fully saturated rings. The second-order valence-corrected chi connectivity index (χ2v) is 4.51. The number of nitrogens with zero attached hydrogens (tertiary/aromatic N) is 1. The largest absolute Gasteiger partial charge is 0.418 e. The molecule has 1 aliphatic rings. The molecule has 1 N–H and O–H groups in total. The normalized spacial score (nSPS) is 27.2. The summed E-state index contributed by atoms with van der Waals surface area (Å²) in [6, 6.07) is 0. The first-order chi connectivity index (χ1) is 5.66. The third-order valence-electron chi connectivity index (χ3n) is 2.32. The lowest BCUT2D eigenvalue weighted by molar-refractivity contribution is -0.225. The van der Waals surface area contributed by atoms with Crippen LogP contribution in [0.2, 0.25) is 0 Å². The topological polar surface area (TPSA) is 83.9 Å². The molecule has 0 radical (unpaired) electrons. The molecule has 0 aromatic rings. The van der Waals surface area contributed by atoms with Gasteiger partial charge in [0, 0.05) is 0 Å². The molecular formula is C6H11NO5S. The number of amides is 1. The van der Waals surface area contributed by atoms with Crippen LogP contribution in [0.1, 0.15) is 20.8 Å². The zero-order valence-corrected chi connectivity index (χ0v) is 8.33. The van der Waals surface area contributed by atoms with Gasteiger partial charge in [-0.3, -0.25) is 9.35 Å². The van der Waals surface area contributed by atoms with Gasteiger partial charge in [0.1, 0.15) is 0 Å². The van der Waals surface area contributed by atoms with Gasteiger partial charge in [-0.2, -0.15) is 13.5 Å². The Morgan fingerprint density at radius 1 is 1.54 bits per heavy atom. The third-order valence-corrected chi connectivity index (χ3v) is 2.66. The highest BCUT2D eigenvalue weighted by Gasteiger charge is 2.54. The van der Waals surface area contributed by atoms with E-state index < -0.39 is 21.8 Å². The fraction of sp³-hybridized carbons (Fsp3) is 0.833. The lowest BCUT2D eigenvalue weighted by Crippen LogP contribution is -2.66. The molecule has 0 spiro atoms. The lowest BCUT2D eigenvalue weighted by atomic mass is 9.80. The van der Waals surface area contributed by atoms with Crippen molar-refractivity contribution in [3.05, 3.63) is 0 Å². The van der Waals surface area contributed by atoms with Crippen molar-refractivity contribution in [2.45, 2.75) is 26.3 Å². The number of hydrogen-bond acceptors (Lipinski definition) is 4. The third kappa shape index (κ3) is 1.67. The van der Waals surface area contributed by atoms with Gasteiger partial charge in [0.05, 0.1) is 11.5 Å². The van der Waals surface area contributed by atoms with Crippen LogP contribution in [0.25, 0.3) is 0 Å². The van der Waals surface area contributed by atoms with Crippen molar-refractivity contribution in [2.75, 3.05) is 0 Å². The van der Waals surface area contributed by atoms with Crippen molar-refractivity contribution in [3.63, 3.8) is 0 Å². The minimum absolute atomic E-state index is 0.311. The highest BCUT2D eigenvalue weighted by molar-refractivity contribution is 7.80. The summed E-state index contributed by atoms with van der Waals surface area (Å²) >= 11 is 0. The summed E-state index contributed by atoms with van der Waals surface area (Å²) < 4.78 is 33.1. The molecule has 0 saturated carbocycles. The Kier molecular flexibility index (Phi) is 2.13. The van der Waals surface area contributed by atoms with Gasteiger partial charge in [-0.1, -0.05) is 6.92 Å². The highest BCUT2D eigenvalue weighted by Crippen LogP contribution is 2.37. The van der Waals surface area contributed by atoms with E-state index in [4.69, 9.17) is 4.55 Å². The summed E-state index contributed by atoms with van der Waals surface area (Å²) in [5.74, 6) is -0.767. The van der Waals surface area contributed by atoms with Crippen LogP contribution in [-0.2, 0) is 19.5 Å². The summed E-state index contributed by atoms with van der Waals surface area (Å²) in [6.07, 6.45) is 0. The quantitative estimate of drug-likeness (QED) is 0.510. The van der Waals surface area contributed by atoms with E-state index in [1.54, 1.807) is 20.8 Å². The Morgan fingerprint density at radius 2 is 2.00 bits per heavy atom. The van der Waals surface area contributed by atoms with Crippen molar-refractivity contribution in [2.24, 2.45) is 5.92 Å². The molecule has 6 nitrogen and oxygen atoms in total. The fourth-order valence-electron chi connectivity index (χ4n) is 1.10. The van der Waals surface area contributed by atoms with E-state index in [9.17, 15) is 13.2 Å². The van der Waals surface area contributed by atoms with Crippen molar-refractivity contribution >= 4 is 16.3 Å². The Labute approximate surface area is 76.4 Å². The maximum Gasteiger partial charge on any atom is 0.418 e. The molecule has 0 bridgehead atoms. The van der Waals surface area contributed by atoms with Gasteiger partial charge >= 0.3 is 10.4 Å². The number of carbonyl (C=O) groups excluding carboxylic acids is 1. The van der Waals surface area contributed by atoms with E-state index in [1.807, 2.05) is 0 Å². The number of hydroxylamine groups is 2. The number of hydrogen-bond donors (Lipinski definition) is 1. The Hall–Kier alpha value is -0.660. The Balaban J connectivity index is 2.80. The van der Waals surface area contributed by atoms with Crippen LogP contribution in [0.15, 0.2) is 0 Å². The molecule has 0 unspecified atom stereocenters. The summed E-state index contributed by atoms with van der Waals surface area (Å²) in [7, 11) is -4.61. The van der Waals surface area contributed by atoms with E-state index in [-0.39, 0.29) is 5.92 Å². The lowest BCUT2D eigenvalue weighted by Gasteiger charge is -2.49. The molecule has 1 amide bonds. The van der Waals surface area contributed by atoms with Gasteiger partial charge in [0.2, 0.25) is 0 Å². The molecule has 76 valence electrons. The van der Waals surface area contributed by atoms with E-state index in [0.717, 1.165) is 0 Å². The smallest absolute Gasteiger partial charge is 0.272 e. The van der Waals surface area contributed by atoms with Crippen LogP contribution in [0.4, 0.5) is 0 Å². The molecular weight excluding hydrogens is 198 g/mol. The standard InChI is InChI=1S/C6H11NO5S/c1-4-5(8)7(6(4,2)3)12-13(9,10)11/h4H,1-3H3,(H,9,10,11)/t4-/m1/s1. The first-order valence-electron chi connectivity index (χ1n) is 3.67. The van der Waals surface area contributed by atoms with E-state index in [2.05, 4.69) is 4.28 Å². The zero-order chi connectivity index (χ0) is 10.4. The summed E-state index contributed by atoms with van der Waals surface area (Å²) in [4.78, 5) is 11.1. The number of carbonyl (C=O) groups is 1. The minimum Gasteiger partial charge on any atom is -0.272 e. The van der Waals surface area contributed by atoms with Crippen molar-refractivity contribution < 1.29 is 22.0 Å². The maximum absolute atomic E-state index is 11.1. The molecule has 1 saturated heterocycles. The highest BCUT2D eigenvalue weighted by atomic mass is 32.3. The van der Waals surface area contributed by atoms with Crippen molar-refractivity contribution in [1.82, 2.24) is 5.06 Å². The van der Waals surface area contributed by atoms with Gasteiger partial charge < -0.3 is 0 Å². The second-order valence-electron chi connectivity index (χ2n) is 3.51. The average Bonchev–Trinajstić information content (AvgIpc) is 1.96. The molecule has 0 aromatic carbocycles. The van der Waals surface area contributed by atoms with E-state index in [0.29, 0.717) is 5.06 Å². The SMILES string of the molecule is C[C@@H]1C(=O)N(OS(=O)(=O)O)C1(C)C. The first kappa shape index (κ1) is 10.4. The molecule has 1 rings (SSSR count). The molecule has 0 aromatic heterocycles. The van der Waals surface area contributed by atoms with E-state index >= 15 is 0 Å². The summed E-state index contributed by atoms with van der Waals surface area (Å²) in [5, 5.41) is 0.660. The Morgan fingerprint density at radius 3 is 2.31 bits per heavy atom. The van der Waals surface area contributed by atoms with Crippen LogP contribution in [0.5, 0.6) is 0 Å². The predicted octanol–water partition coefficient (Wildman–Crippen LogP) is -0.0223. The van der Waals surface area contributed by atoms with Gasteiger partial charge in [-0.05, 0) is 13.8 Å². The van der Waals surface area contributed by atoms with Gasteiger partial charge in [-0.25, -0.2) is 0 Å². The molecule has 1 atom stereocenters. The molecule has 0 aliphatic carbocycles. The minimum atomic E-state index is -4.61. The molecule has 13 heavy (non-hydrogen) atoms. The molecule has 1 heterocycles. The zero-order valence-electron chi connectivity index (χ0n) is 7.51. The number of β-lactam (4-membered cyclic amide) rings is 1. The summed E-state index contributed by atoms with van der Waals surface area (Å²) in [6.45, 7) is 4.95. The molecule has 1 aliphatic heterocycles. The van der Waals surface area contributed by atoms with Gasteiger partial charge in [0.25, 0.3) is 5.91 Å². The van der Waals surface area contributed by atoms with Crippen molar-refractivity contribution in [1.29, 1.82) is 0 Å². The first-order valence-corrected chi connectivity index (χ1v) is 5.04. The monoisotopic (exact) mass is 209 g/mol. The average molecular weight is 209 g/mol. The molecule has 7 heteroatoms. The Bertz CT molecular complexity index is 333. The number of rotatable bonds is 2. The maximum atomic E-state index is 11.1. The van der Waals surface area contributed by atoms with Crippen LogP contribution in [0.3, 0.4) is 0 Å². The van der Waals surface area contributed by atoms with Crippen LogP contribution < -0.4 is 0 Å². The van der Waals surface area contributed by atoms with E-state index in [1.165, 1.54) is 0 Å².